The predicted molar refractivity (Wildman–Crippen MR) is 109 cm³/mol. The molecule has 28 heavy (non-hydrogen) atoms. The summed E-state index contributed by atoms with van der Waals surface area (Å²) in [5, 5.41) is 10.1. The first-order valence-electron chi connectivity index (χ1n) is 9.25. The van der Waals surface area contributed by atoms with E-state index < -0.39 is 5.82 Å². The van der Waals surface area contributed by atoms with Gasteiger partial charge < -0.3 is 0 Å². The quantitative estimate of drug-likeness (QED) is 0.375. The summed E-state index contributed by atoms with van der Waals surface area (Å²) in [5.41, 5.74) is 1.21. The number of Topliss-reactive ketones (excluding diaryl/α,β-unsaturated/α-hetero) is 1. The number of carbonyl (C=O) groups excluding carboxylic acids is 1. The lowest BCUT2D eigenvalue weighted by Gasteiger charge is -2.17. The van der Waals surface area contributed by atoms with Crippen LogP contribution in [0.2, 0.25) is 5.02 Å². The van der Waals surface area contributed by atoms with Gasteiger partial charge in [-0.3, -0.25) is 9.36 Å². The van der Waals surface area contributed by atoms with Gasteiger partial charge in [-0.05, 0) is 37.1 Å². The van der Waals surface area contributed by atoms with E-state index >= 15 is 0 Å². The Kier molecular flexibility index (Phi) is 5.78. The Morgan fingerprint density at radius 2 is 1.93 bits per heavy atom. The van der Waals surface area contributed by atoms with Crippen molar-refractivity contribution in [2.75, 3.05) is 5.75 Å². The molecule has 1 saturated carbocycles. The summed E-state index contributed by atoms with van der Waals surface area (Å²) in [5.74, 6) is 0.366. The van der Waals surface area contributed by atoms with E-state index in [1.165, 1.54) is 23.9 Å². The molecule has 4 nitrogen and oxygen atoms in total. The fourth-order valence-corrected chi connectivity index (χ4v) is 4.69. The van der Waals surface area contributed by atoms with Gasteiger partial charge in [-0.25, -0.2) is 4.39 Å². The van der Waals surface area contributed by atoms with Crippen LogP contribution >= 0.6 is 23.4 Å². The molecule has 0 spiro atoms. The van der Waals surface area contributed by atoms with Gasteiger partial charge in [0.05, 0.1) is 10.8 Å². The van der Waals surface area contributed by atoms with Gasteiger partial charge >= 0.3 is 0 Å². The summed E-state index contributed by atoms with van der Waals surface area (Å²) in [6.07, 6.45) is 4.44. The Morgan fingerprint density at radius 1 is 1.14 bits per heavy atom. The molecule has 0 N–H and O–H groups in total. The normalized spacial score (nSPS) is 14.5. The number of nitrogens with zero attached hydrogens (tertiary/aromatic N) is 3. The second kappa shape index (κ2) is 8.45. The molecule has 0 bridgehead atoms. The van der Waals surface area contributed by atoms with E-state index in [1.54, 1.807) is 12.1 Å². The minimum absolute atomic E-state index is 0.134. The third-order valence-corrected chi connectivity index (χ3v) is 6.22. The summed E-state index contributed by atoms with van der Waals surface area (Å²) >= 11 is 7.73. The molecular formula is C21H19ClFN3OS. The zero-order valence-electron chi connectivity index (χ0n) is 15.1. The van der Waals surface area contributed by atoms with Crippen LogP contribution in [-0.4, -0.2) is 26.3 Å². The fourth-order valence-electron chi connectivity index (χ4n) is 3.57. The van der Waals surface area contributed by atoms with Crippen molar-refractivity contribution in [2.45, 2.75) is 36.9 Å². The van der Waals surface area contributed by atoms with E-state index in [-0.39, 0.29) is 11.5 Å². The van der Waals surface area contributed by atoms with Gasteiger partial charge in [0, 0.05) is 17.2 Å². The van der Waals surface area contributed by atoms with Crippen LogP contribution in [0.5, 0.6) is 0 Å². The lowest BCUT2D eigenvalue weighted by molar-refractivity contribution is 0.102. The molecule has 144 valence electrons. The van der Waals surface area contributed by atoms with E-state index in [9.17, 15) is 9.18 Å². The average molecular weight is 416 g/mol. The number of rotatable bonds is 6. The first-order valence-corrected chi connectivity index (χ1v) is 10.6. The van der Waals surface area contributed by atoms with Crippen LogP contribution in [0, 0.1) is 5.82 Å². The zero-order valence-corrected chi connectivity index (χ0v) is 16.7. The molecule has 2 aromatic carbocycles. The number of hydrogen-bond acceptors (Lipinski definition) is 4. The summed E-state index contributed by atoms with van der Waals surface area (Å²) in [7, 11) is 0. The summed E-state index contributed by atoms with van der Waals surface area (Å²) in [4.78, 5) is 12.5. The largest absolute Gasteiger partial charge is 0.299 e. The predicted octanol–water partition coefficient (Wildman–Crippen LogP) is 5.83. The molecule has 4 rings (SSSR count). The van der Waals surface area contributed by atoms with Gasteiger partial charge in [0.1, 0.15) is 5.82 Å². The van der Waals surface area contributed by atoms with E-state index in [1.807, 2.05) is 24.3 Å². The van der Waals surface area contributed by atoms with Crippen molar-refractivity contribution in [2.24, 2.45) is 0 Å². The van der Waals surface area contributed by atoms with Gasteiger partial charge in [-0.1, -0.05) is 60.5 Å². The Balaban J connectivity index is 1.62. The molecule has 0 saturated heterocycles. The summed E-state index contributed by atoms with van der Waals surface area (Å²) in [6.45, 7) is 0. The molecule has 1 heterocycles. The average Bonchev–Trinajstić information content (AvgIpc) is 3.36. The number of benzene rings is 2. The van der Waals surface area contributed by atoms with Crippen LogP contribution in [0.1, 0.15) is 42.1 Å². The van der Waals surface area contributed by atoms with Crippen molar-refractivity contribution in [1.29, 1.82) is 0 Å². The highest BCUT2D eigenvalue weighted by Crippen LogP contribution is 2.38. The SMILES string of the molecule is O=C(CSc1nnc(-c2ccccc2Cl)n1C1CCCC1)c1cccc(F)c1. The lowest BCUT2D eigenvalue weighted by Crippen LogP contribution is -2.10. The second-order valence-electron chi connectivity index (χ2n) is 6.82. The van der Waals surface area contributed by atoms with E-state index in [4.69, 9.17) is 11.6 Å². The van der Waals surface area contributed by atoms with Crippen molar-refractivity contribution < 1.29 is 9.18 Å². The van der Waals surface area contributed by atoms with Crippen molar-refractivity contribution in [3.05, 3.63) is 64.9 Å². The Labute approximate surface area is 172 Å². The number of aromatic nitrogens is 3. The maximum atomic E-state index is 13.4. The van der Waals surface area contributed by atoms with Crippen LogP contribution in [0.25, 0.3) is 11.4 Å². The molecule has 3 aromatic rings. The molecule has 1 aliphatic rings. The molecule has 7 heteroatoms. The maximum Gasteiger partial charge on any atom is 0.192 e. The van der Waals surface area contributed by atoms with E-state index in [0.717, 1.165) is 37.1 Å². The fraction of sp³-hybridized carbons (Fsp3) is 0.286. The molecular weight excluding hydrogens is 397 g/mol. The number of carbonyl (C=O) groups is 1. The first-order chi connectivity index (χ1) is 13.6. The smallest absolute Gasteiger partial charge is 0.192 e. The maximum absolute atomic E-state index is 13.4. The minimum Gasteiger partial charge on any atom is -0.299 e. The van der Waals surface area contributed by atoms with Gasteiger partial charge in [0.2, 0.25) is 0 Å². The highest BCUT2D eigenvalue weighted by Gasteiger charge is 2.26. The second-order valence-corrected chi connectivity index (χ2v) is 8.17. The monoisotopic (exact) mass is 415 g/mol. The summed E-state index contributed by atoms with van der Waals surface area (Å²) < 4.78 is 15.5. The topological polar surface area (TPSA) is 47.8 Å². The Hall–Kier alpha value is -2.18. The van der Waals surface area contributed by atoms with Crippen molar-refractivity contribution >= 4 is 29.1 Å². The third-order valence-electron chi connectivity index (χ3n) is 4.95. The van der Waals surface area contributed by atoms with E-state index in [2.05, 4.69) is 14.8 Å². The van der Waals surface area contributed by atoms with Crippen LogP contribution in [-0.2, 0) is 0 Å². The van der Waals surface area contributed by atoms with E-state index in [0.29, 0.717) is 21.8 Å². The number of ketones is 1. The number of thioether (sulfide) groups is 1. The van der Waals surface area contributed by atoms with Crippen LogP contribution in [0.3, 0.4) is 0 Å². The standard InChI is InChI=1S/C21H19ClFN3OS/c22-18-11-4-3-10-17(18)20-24-25-21(26(20)16-8-1-2-9-16)28-13-19(27)14-6-5-7-15(23)12-14/h3-7,10-12,16H,1-2,8-9,13H2. The van der Waals surface area contributed by atoms with Crippen LogP contribution in [0.4, 0.5) is 4.39 Å². The van der Waals surface area contributed by atoms with Crippen molar-refractivity contribution in [1.82, 2.24) is 14.8 Å². The molecule has 1 aromatic heterocycles. The number of halogens is 2. The minimum atomic E-state index is -0.411. The molecule has 1 fully saturated rings. The summed E-state index contributed by atoms with van der Waals surface area (Å²) in [6, 6.07) is 13.6. The van der Waals surface area contributed by atoms with Crippen molar-refractivity contribution in [3.8, 4) is 11.4 Å². The highest BCUT2D eigenvalue weighted by molar-refractivity contribution is 7.99. The number of hydrogen-bond donors (Lipinski definition) is 0. The van der Waals surface area contributed by atoms with Crippen LogP contribution in [0.15, 0.2) is 53.7 Å². The van der Waals surface area contributed by atoms with Gasteiger partial charge in [-0.2, -0.15) is 0 Å². The third kappa shape index (κ3) is 3.98. The first kappa shape index (κ1) is 19.2. The zero-order chi connectivity index (χ0) is 19.5. The van der Waals surface area contributed by atoms with Gasteiger partial charge in [0.15, 0.2) is 16.8 Å². The highest BCUT2D eigenvalue weighted by atomic mass is 35.5. The van der Waals surface area contributed by atoms with Crippen LogP contribution < -0.4 is 0 Å². The molecule has 0 atom stereocenters. The molecule has 0 aliphatic heterocycles. The Bertz CT molecular complexity index is 1000. The Morgan fingerprint density at radius 3 is 2.68 bits per heavy atom. The van der Waals surface area contributed by atoms with Crippen molar-refractivity contribution in [3.63, 3.8) is 0 Å². The molecule has 1 aliphatic carbocycles. The molecule has 0 radical (unpaired) electrons. The van der Waals surface area contributed by atoms with Gasteiger partial charge in [0.25, 0.3) is 0 Å². The molecule has 0 amide bonds. The van der Waals surface area contributed by atoms with Gasteiger partial charge in [-0.15, -0.1) is 10.2 Å². The lowest BCUT2D eigenvalue weighted by atomic mass is 10.1. The molecule has 0 unspecified atom stereocenters.